The molecule has 2 amide bonds. The molecule has 6 rings (SSSR count). The first kappa shape index (κ1) is 28.9. The number of nitrogens with one attached hydrogen (secondary N) is 4. The van der Waals surface area contributed by atoms with E-state index in [1.165, 1.54) is 29.1 Å². The molecule has 3 atom stereocenters. The van der Waals surface area contributed by atoms with E-state index in [4.69, 9.17) is 11.6 Å². The average molecular weight is 618 g/mol. The number of amides is 2. The van der Waals surface area contributed by atoms with E-state index in [9.17, 15) is 27.9 Å². The van der Waals surface area contributed by atoms with Crippen LogP contribution < -0.4 is 16.0 Å². The summed E-state index contributed by atoms with van der Waals surface area (Å²) >= 11 is 6.48. The minimum absolute atomic E-state index is 0.0808. The molecule has 226 valence electrons. The first-order chi connectivity index (χ1) is 20.6. The van der Waals surface area contributed by atoms with Crippen molar-refractivity contribution in [3.05, 3.63) is 59.3 Å². The van der Waals surface area contributed by atoms with Crippen LogP contribution in [0.25, 0.3) is 16.9 Å². The number of alkyl halides is 3. The summed E-state index contributed by atoms with van der Waals surface area (Å²) in [6.07, 6.45) is 1.99. The quantitative estimate of drug-likeness (QED) is 0.221. The molecule has 0 aliphatic carbocycles. The molecule has 1 aromatic carbocycles. The van der Waals surface area contributed by atoms with Crippen LogP contribution in [0.15, 0.2) is 43.0 Å². The summed E-state index contributed by atoms with van der Waals surface area (Å²) in [4.78, 5) is 36.2. The zero-order chi connectivity index (χ0) is 30.3. The fraction of sp³-hybridized carbons (Fsp3) is 0.370. The number of rotatable bonds is 6. The van der Waals surface area contributed by atoms with Crippen LogP contribution in [0, 0.1) is 0 Å². The Kier molecular flexibility index (Phi) is 7.70. The summed E-state index contributed by atoms with van der Waals surface area (Å²) in [7, 11) is 0. The second-order valence-electron chi connectivity index (χ2n) is 10.5. The summed E-state index contributed by atoms with van der Waals surface area (Å²) in [5, 5.41) is 24.6. The Bertz CT molecular complexity index is 1670. The SMILES string of the molecule is O=C(NC1CCCN(C(=O)C2CC(O)CN2)C1)c1ccc(Nc2nccn3c(-c4c[nH]nc4C(F)(F)F)cnc23)cc1Cl. The van der Waals surface area contributed by atoms with Crippen LogP contribution >= 0.6 is 11.6 Å². The molecule has 2 aliphatic heterocycles. The highest BCUT2D eigenvalue weighted by Gasteiger charge is 2.38. The molecule has 2 aliphatic rings. The summed E-state index contributed by atoms with van der Waals surface area (Å²) < 4.78 is 41.7. The first-order valence-electron chi connectivity index (χ1n) is 13.6. The van der Waals surface area contributed by atoms with Crippen molar-refractivity contribution in [2.24, 2.45) is 0 Å². The number of aliphatic hydroxyl groups excluding tert-OH is 1. The molecule has 16 heteroatoms. The van der Waals surface area contributed by atoms with E-state index in [-0.39, 0.29) is 51.2 Å². The standard InChI is InChI=1S/C27H27ClF3N9O3/c28-19-8-14(36-23-24-34-12-21(40(24)7-5-32-23)18-11-35-38-22(18)27(29,30)31)3-4-17(19)25(42)37-15-2-1-6-39(13-15)26(43)20-9-16(41)10-33-20/h3-5,7-8,11-12,15-16,20,33,41H,1-2,6,9-10,13H2,(H,32,36)(H,35,38)(H,37,42). The van der Waals surface area contributed by atoms with Gasteiger partial charge in [-0.25, -0.2) is 9.97 Å². The van der Waals surface area contributed by atoms with Crippen molar-refractivity contribution < 1.29 is 27.9 Å². The Morgan fingerprint density at radius 1 is 1.21 bits per heavy atom. The number of carbonyl (C=O) groups excluding carboxylic acids is 2. The van der Waals surface area contributed by atoms with Gasteiger partial charge < -0.3 is 26.0 Å². The van der Waals surface area contributed by atoms with Crippen molar-refractivity contribution >= 4 is 40.6 Å². The maximum absolute atomic E-state index is 13.4. The lowest BCUT2D eigenvalue weighted by atomic mass is 10.0. The molecule has 4 aromatic rings. The smallest absolute Gasteiger partial charge is 0.392 e. The molecule has 0 saturated carbocycles. The van der Waals surface area contributed by atoms with Crippen LogP contribution in [0.2, 0.25) is 5.02 Å². The molecule has 0 radical (unpaired) electrons. The number of likely N-dealkylation sites (tertiary alicyclic amines) is 1. The zero-order valence-corrected chi connectivity index (χ0v) is 23.3. The van der Waals surface area contributed by atoms with Gasteiger partial charge in [-0.05, 0) is 37.5 Å². The van der Waals surface area contributed by atoms with Crippen molar-refractivity contribution in [3.8, 4) is 11.3 Å². The van der Waals surface area contributed by atoms with Crippen LogP contribution in [0.1, 0.15) is 35.3 Å². The Hall–Kier alpha value is -4.21. The predicted octanol–water partition coefficient (Wildman–Crippen LogP) is 2.98. The number of carbonyl (C=O) groups is 2. The minimum Gasteiger partial charge on any atom is -0.392 e. The lowest BCUT2D eigenvalue weighted by molar-refractivity contribution is -0.140. The molecule has 12 nitrogen and oxygen atoms in total. The van der Waals surface area contributed by atoms with E-state index in [1.807, 2.05) is 0 Å². The van der Waals surface area contributed by atoms with E-state index in [0.29, 0.717) is 38.2 Å². The topological polar surface area (TPSA) is 153 Å². The Balaban J connectivity index is 1.14. The largest absolute Gasteiger partial charge is 0.435 e. The second-order valence-corrected chi connectivity index (χ2v) is 10.9. The molecule has 5 heterocycles. The summed E-state index contributed by atoms with van der Waals surface area (Å²) in [5.41, 5.74) is -0.0542. The van der Waals surface area contributed by atoms with Crippen molar-refractivity contribution in [2.45, 2.75) is 43.6 Å². The number of β-amino-alcohol motifs (C(OH)–C–C–N with tert-alkyl or cyclic N) is 1. The highest BCUT2D eigenvalue weighted by molar-refractivity contribution is 6.34. The monoisotopic (exact) mass is 617 g/mol. The molecular weight excluding hydrogens is 591 g/mol. The van der Waals surface area contributed by atoms with Crippen molar-refractivity contribution in [2.75, 3.05) is 25.0 Å². The highest BCUT2D eigenvalue weighted by atomic mass is 35.5. The van der Waals surface area contributed by atoms with Crippen molar-refractivity contribution in [1.82, 2.24) is 40.1 Å². The van der Waals surface area contributed by atoms with Crippen LogP contribution in [-0.2, 0) is 11.0 Å². The highest BCUT2D eigenvalue weighted by Crippen LogP contribution is 2.36. The molecular formula is C27H27ClF3N9O3. The molecule has 43 heavy (non-hydrogen) atoms. The first-order valence-corrected chi connectivity index (χ1v) is 14.0. The van der Waals surface area contributed by atoms with E-state index >= 15 is 0 Å². The number of H-pyrrole nitrogens is 1. The van der Waals surface area contributed by atoms with Gasteiger partial charge in [0.15, 0.2) is 17.2 Å². The van der Waals surface area contributed by atoms with Crippen molar-refractivity contribution in [1.29, 1.82) is 0 Å². The molecule has 0 bridgehead atoms. The van der Waals surface area contributed by atoms with E-state index < -0.39 is 24.0 Å². The Morgan fingerprint density at radius 3 is 2.79 bits per heavy atom. The zero-order valence-electron chi connectivity index (χ0n) is 22.5. The lowest BCUT2D eigenvalue weighted by Gasteiger charge is -2.34. The van der Waals surface area contributed by atoms with E-state index in [0.717, 1.165) is 12.6 Å². The number of hydrogen-bond donors (Lipinski definition) is 5. The van der Waals surface area contributed by atoms with Gasteiger partial charge >= 0.3 is 6.18 Å². The maximum atomic E-state index is 13.4. The number of halogens is 4. The fourth-order valence-corrected chi connectivity index (χ4v) is 5.77. The number of piperidine rings is 1. The van der Waals surface area contributed by atoms with Gasteiger partial charge in [-0.1, -0.05) is 11.6 Å². The number of benzene rings is 1. The van der Waals surface area contributed by atoms with Gasteiger partial charge in [0.25, 0.3) is 5.91 Å². The van der Waals surface area contributed by atoms with Crippen LogP contribution in [0.5, 0.6) is 0 Å². The minimum atomic E-state index is -4.65. The molecule has 5 N–H and O–H groups in total. The number of anilines is 2. The number of imidazole rings is 1. The third-order valence-electron chi connectivity index (χ3n) is 7.56. The van der Waals surface area contributed by atoms with Gasteiger partial charge in [0.05, 0.1) is 40.2 Å². The number of nitrogens with zero attached hydrogens (tertiary/aromatic N) is 5. The average Bonchev–Trinajstić information content (AvgIpc) is 3.72. The van der Waals surface area contributed by atoms with E-state index in [1.54, 1.807) is 17.0 Å². The second kappa shape index (κ2) is 11.5. The molecule has 0 spiro atoms. The summed E-state index contributed by atoms with van der Waals surface area (Å²) in [6.45, 7) is 1.34. The van der Waals surface area contributed by atoms with Gasteiger partial charge in [0.1, 0.15) is 0 Å². The Labute approximate surface area is 247 Å². The van der Waals surface area contributed by atoms with Gasteiger partial charge in [-0.15, -0.1) is 0 Å². The molecule has 2 fully saturated rings. The van der Waals surface area contributed by atoms with Crippen LogP contribution in [0.3, 0.4) is 0 Å². The summed E-state index contributed by atoms with van der Waals surface area (Å²) in [6, 6.07) is 4.04. The number of aliphatic hydroxyl groups is 1. The number of aromatic amines is 1. The van der Waals surface area contributed by atoms with Crippen molar-refractivity contribution in [3.63, 3.8) is 0 Å². The normalized spacial score (nSPS) is 20.9. The number of hydrogen-bond acceptors (Lipinski definition) is 8. The molecule has 2 saturated heterocycles. The number of aromatic nitrogens is 5. The molecule has 3 aromatic heterocycles. The summed E-state index contributed by atoms with van der Waals surface area (Å²) in [5.74, 6) is -0.206. The molecule has 3 unspecified atom stereocenters. The Morgan fingerprint density at radius 2 is 2.05 bits per heavy atom. The van der Waals surface area contributed by atoms with Gasteiger partial charge in [-0.3, -0.25) is 19.1 Å². The van der Waals surface area contributed by atoms with Gasteiger partial charge in [-0.2, -0.15) is 18.3 Å². The lowest BCUT2D eigenvalue weighted by Crippen LogP contribution is -2.53. The van der Waals surface area contributed by atoms with Crippen LogP contribution in [0.4, 0.5) is 24.7 Å². The fourth-order valence-electron chi connectivity index (χ4n) is 5.51. The third-order valence-corrected chi connectivity index (χ3v) is 7.88. The van der Waals surface area contributed by atoms with Crippen LogP contribution in [-0.4, -0.2) is 84.2 Å². The van der Waals surface area contributed by atoms with Gasteiger partial charge in [0, 0.05) is 50.0 Å². The maximum Gasteiger partial charge on any atom is 0.435 e. The van der Waals surface area contributed by atoms with Gasteiger partial charge in [0.2, 0.25) is 5.91 Å². The van der Waals surface area contributed by atoms with E-state index in [2.05, 4.69) is 36.1 Å². The number of fused-ring (bicyclic) bond motifs is 1. The predicted molar refractivity (Wildman–Crippen MR) is 150 cm³/mol. The third kappa shape index (κ3) is 5.87.